The van der Waals surface area contributed by atoms with Gasteiger partial charge in [0.2, 0.25) is 0 Å². The summed E-state index contributed by atoms with van der Waals surface area (Å²) in [5.74, 6) is 0.0353. The van der Waals surface area contributed by atoms with Crippen LogP contribution in [0.15, 0.2) is 97.6 Å². The van der Waals surface area contributed by atoms with E-state index in [1.807, 2.05) is 107 Å². The lowest BCUT2D eigenvalue weighted by Crippen LogP contribution is -2.02. The third-order valence-corrected chi connectivity index (χ3v) is 4.06. The van der Waals surface area contributed by atoms with Crippen molar-refractivity contribution in [1.29, 1.82) is 0 Å². The van der Waals surface area contributed by atoms with Crippen LogP contribution in [-0.2, 0) is 0 Å². The highest BCUT2D eigenvalue weighted by atomic mass is 16.1. The number of carbonyl (C=O) groups excluding carboxylic acids is 1. The lowest BCUT2D eigenvalue weighted by Gasteiger charge is -2.07. The maximum Gasteiger partial charge on any atom is 0.193 e. The molecule has 3 heteroatoms. The van der Waals surface area contributed by atoms with Crippen LogP contribution in [0.1, 0.15) is 15.9 Å². The molecule has 2 aromatic carbocycles. The summed E-state index contributed by atoms with van der Waals surface area (Å²) in [5.41, 5.74) is 3.47. The van der Waals surface area contributed by atoms with Crippen LogP contribution in [0.25, 0.3) is 11.4 Å². The molecular formula is C21H16N2O. The first-order valence-electron chi connectivity index (χ1n) is 7.83. The third-order valence-electron chi connectivity index (χ3n) is 4.06. The first-order chi connectivity index (χ1) is 11.8. The van der Waals surface area contributed by atoms with Gasteiger partial charge in [0, 0.05) is 47.3 Å². The minimum atomic E-state index is 0.0353. The van der Waals surface area contributed by atoms with Gasteiger partial charge in [-0.2, -0.15) is 0 Å². The third kappa shape index (κ3) is 2.68. The van der Waals surface area contributed by atoms with Gasteiger partial charge >= 0.3 is 0 Å². The normalized spacial score (nSPS) is 10.7. The van der Waals surface area contributed by atoms with E-state index >= 15 is 0 Å². The van der Waals surface area contributed by atoms with Crippen LogP contribution >= 0.6 is 0 Å². The first kappa shape index (κ1) is 14.3. The number of aromatic nitrogens is 2. The molecule has 4 rings (SSSR count). The monoisotopic (exact) mass is 312 g/mol. The molecule has 2 heterocycles. The second kappa shape index (κ2) is 6.05. The van der Waals surface area contributed by atoms with Gasteiger partial charge in [-0.15, -0.1) is 0 Å². The van der Waals surface area contributed by atoms with Crippen LogP contribution in [-0.4, -0.2) is 14.9 Å². The van der Waals surface area contributed by atoms with E-state index in [0.29, 0.717) is 11.1 Å². The number of benzene rings is 2. The summed E-state index contributed by atoms with van der Waals surface area (Å²) in [6.07, 6.45) is 7.93. The van der Waals surface area contributed by atoms with Crippen molar-refractivity contribution in [2.75, 3.05) is 0 Å². The van der Waals surface area contributed by atoms with Gasteiger partial charge in [-0.1, -0.05) is 0 Å². The Kier molecular flexibility index (Phi) is 3.60. The standard InChI is InChI=1S/C21H16N2O/c24-21(17-5-9-19(10-6-17)22-13-1-2-14-22)18-7-11-20(12-8-18)23-15-3-4-16-23/h1-16H. The number of ketones is 1. The molecule has 0 bridgehead atoms. The van der Waals surface area contributed by atoms with Gasteiger partial charge in [-0.25, -0.2) is 0 Å². The number of rotatable bonds is 4. The fraction of sp³-hybridized carbons (Fsp3) is 0. The molecule has 0 radical (unpaired) electrons. The number of nitrogens with zero attached hydrogens (tertiary/aromatic N) is 2. The van der Waals surface area contributed by atoms with Crippen LogP contribution in [0.2, 0.25) is 0 Å². The summed E-state index contributed by atoms with van der Waals surface area (Å²) in [4.78, 5) is 12.6. The van der Waals surface area contributed by atoms with Gasteiger partial charge in [0.15, 0.2) is 5.78 Å². The van der Waals surface area contributed by atoms with Crippen molar-refractivity contribution in [2.45, 2.75) is 0 Å². The largest absolute Gasteiger partial charge is 0.324 e. The summed E-state index contributed by atoms with van der Waals surface area (Å²) in [6, 6.07) is 23.2. The Morgan fingerprint density at radius 2 is 0.875 bits per heavy atom. The summed E-state index contributed by atoms with van der Waals surface area (Å²) < 4.78 is 4.03. The molecule has 24 heavy (non-hydrogen) atoms. The zero-order chi connectivity index (χ0) is 16.4. The molecule has 0 unspecified atom stereocenters. The van der Waals surface area contributed by atoms with Gasteiger partial charge in [0.05, 0.1) is 0 Å². The highest BCUT2D eigenvalue weighted by Crippen LogP contribution is 2.16. The summed E-state index contributed by atoms with van der Waals surface area (Å²) in [6.45, 7) is 0. The predicted molar refractivity (Wildman–Crippen MR) is 95.0 cm³/mol. The fourth-order valence-corrected chi connectivity index (χ4v) is 2.75. The summed E-state index contributed by atoms with van der Waals surface area (Å²) in [7, 11) is 0. The maximum absolute atomic E-state index is 12.6. The van der Waals surface area contributed by atoms with E-state index in [1.165, 1.54) is 0 Å². The Hall–Kier alpha value is -3.33. The van der Waals surface area contributed by atoms with Crippen LogP contribution in [0.5, 0.6) is 0 Å². The van der Waals surface area contributed by atoms with E-state index in [0.717, 1.165) is 11.4 Å². The molecule has 0 saturated heterocycles. The van der Waals surface area contributed by atoms with Crippen LogP contribution in [0.4, 0.5) is 0 Å². The molecular weight excluding hydrogens is 296 g/mol. The molecule has 0 aliphatic rings. The minimum Gasteiger partial charge on any atom is -0.324 e. The molecule has 0 spiro atoms. The number of hydrogen-bond donors (Lipinski definition) is 0. The van der Waals surface area contributed by atoms with Gasteiger partial charge in [-0.3, -0.25) is 4.79 Å². The molecule has 0 saturated carbocycles. The molecule has 116 valence electrons. The Morgan fingerprint density at radius 3 is 1.21 bits per heavy atom. The lowest BCUT2D eigenvalue weighted by atomic mass is 10.0. The number of hydrogen-bond acceptors (Lipinski definition) is 1. The Labute approximate surface area is 140 Å². The molecule has 0 aliphatic heterocycles. The topological polar surface area (TPSA) is 26.9 Å². The Morgan fingerprint density at radius 1 is 0.542 bits per heavy atom. The zero-order valence-corrected chi connectivity index (χ0v) is 13.0. The molecule has 0 fully saturated rings. The molecule has 0 aliphatic carbocycles. The molecule has 4 aromatic rings. The van der Waals surface area contributed by atoms with Crippen molar-refractivity contribution < 1.29 is 4.79 Å². The lowest BCUT2D eigenvalue weighted by molar-refractivity contribution is 0.103. The van der Waals surface area contributed by atoms with Crippen LogP contribution in [0, 0.1) is 0 Å². The van der Waals surface area contributed by atoms with Crippen LogP contribution < -0.4 is 0 Å². The van der Waals surface area contributed by atoms with Crippen molar-refractivity contribution in [3.05, 3.63) is 109 Å². The smallest absolute Gasteiger partial charge is 0.193 e. The summed E-state index contributed by atoms with van der Waals surface area (Å²) >= 11 is 0. The van der Waals surface area contributed by atoms with Crippen molar-refractivity contribution >= 4 is 5.78 Å². The highest BCUT2D eigenvalue weighted by molar-refractivity contribution is 6.09. The maximum atomic E-state index is 12.6. The van der Waals surface area contributed by atoms with E-state index in [4.69, 9.17) is 0 Å². The molecule has 0 amide bonds. The second-order valence-corrected chi connectivity index (χ2v) is 5.60. The molecule has 0 N–H and O–H groups in total. The first-order valence-corrected chi connectivity index (χ1v) is 7.83. The van der Waals surface area contributed by atoms with Gasteiger partial charge < -0.3 is 9.13 Å². The average Bonchev–Trinajstić information content (AvgIpc) is 3.35. The second-order valence-electron chi connectivity index (χ2n) is 5.60. The Balaban J connectivity index is 1.57. The van der Waals surface area contributed by atoms with Crippen LogP contribution in [0.3, 0.4) is 0 Å². The zero-order valence-electron chi connectivity index (χ0n) is 13.0. The van der Waals surface area contributed by atoms with Gasteiger partial charge in [0.25, 0.3) is 0 Å². The van der Waals surface area contributed by atoms with Gasteiger partial charge in [0.1, 0.15) is 0 Å². The minimum absolute atomic E-state index is 0.0353. The van der Waals surface area contributed by atoms with Crippen molar-refractivity contribution in [2.24, 2.45) is 0 Å². The summed E-state index contributed by atoms with van der Waals surface area (Å²) in [5, 5.41) is 0. The highest BCUT2D eigenvalue weighted by Gasteiger charge is 2.09. The Bertz CT molecular complexity index is 853. The van der Waals surface area contributed by atoms with E-state index in [1.54, 1.807) is 0 Å². The van der Waals surface area contributed by atoms with Crippen molar-refractivity contribution in [1.82, 2.24) is 9.13 Å². The van der Waals surface area contributed by atoms with Gasteiger partial charge in [-0.05, 0) is 72.8 Å². The molecule has 2 aromatic heterocycles. The molecule has 0 atom stereocenters. The SMILES string of the molecule is O=C(c1ccc(-n2cccc2)cc1)c1ccc(-n2cccc2)cc1. The van der Waals surface area contributed by atoms with E-state index in [9.17, 15) is 4.79 Å². The van der Waals surface area contributed by atoms with Crippen molar-refractivity contribution in [3.63, 3.8) is 0 Å². The quantitative estimate of drug-likeness (QED) is 0.510. The number of carbonyl (C=O) groups is 1. The molecule has 3 nitrogen and oxygen atoms in total. The average molecular weight is 312 g/mol. The van der Waals surface area contributed by atoms with Crippen molar-refractivity contribution in [3.8, 4) is 11.4 Å². The van der Waals surface area contributed by atoms with E-state index in [2.05, 4.69) is 0 Å². The fourth-order valence-electron chi connectivity index (χ4n) is 2.75. The van der Waals surface area contributed by atoms with E-state index in [-0.39, 0.29) is 5.78 Å². The predicted octanol–water partition coefficient (Wildman–Crippen LogP) is 4.50. The van der Waals surface area contributed by atoms with E-state index < -0.39 is 0 Å².